The highest BCUT2D eigenvalue weighted by molar-refractivity contribution is 9.10. The van der Waals surface area contributed by atoms with Crippen LogP contribution < -0.4 is 10.1 Å². The number of thiazole rings is 1. The van der Waals surface area contributed by atoms with Gasteiger partial charge in [0.15, 0.2) is 10.9 Å². The second-order valence-electron chi connectivity index (χ2n) is 5.65. The molecule has 0 radical (unpaired) electrons. The Morgan fingerprint density at radius 1 is 1.15 bits per heavy atom. The molecule has 1 N–H and O–H groups in total. The molecule has 27 heavy (non-hydrogen) atoms. The number of aromatic nitrogens is 3. The van der Waals surface area contributed by atoms with E-state index >= 15 is 0 Å². The minimum atomic E-state index is -0.161. The van der Waals surface area contributed by atoms with Gasteiger partial charge in [-0.05, 0) is 24.3 Å². The lowest BCUT2D eigenvalue weighted by Crippen LogP contribution is -2.04. The molecular formula is C19H13BrN4O2S. The fraction of sp³-hybridized carbons (Fsp3) is 0.0526. The maximum atomic E-state index is 11.3. The summed E-state index contributed by atoms with van der Waals surface area (Å²) in [5.41, 5.74) is 2.40. The molecule has 2 heterocycles. The Kier molecular flexibility index (Phi) is 4.83. The number of rotatable bonds is 4. The first kappa shape index (κ1) is 17.6. The normalized spacial score (nSPS) is 10.7. The zero-order valence-electron chi connectivity index (χ0n) is 14.1. The number of nitrogens with one attached hydrogen (secondary N) is 1. The highest BCUT2D eigenvalue weighted by Gasteiger charge is 2.12. The number of carbonyl (C=O) groups excluding carboxylic acids is 1. The molecule has 4 rings (SSSR count). The highest BCUT2D eigenvalue weighted by atomic mass is 79.9. The summed E-state index contributed by atoms with van der Waals surface area (Å²) in [5.74, 6) is 0.830. The number of hydrogen-bond acceptors (Lipinski definition) is 6. The molecule has 2 aromatic carbocycles. The first-order chi connectivity index (χ1) is 13.1. The van der Waals surface area contributed by atoms with Crippen molar-refractivity contribution in [2.24, 2.45) is 0 Å². The number of amides is 1. The van der Waals surface area contributed by atoms with E-state index in [4.69, 9.17) is 4.74 Å². The van der Waals surface area contributed by atoms with Crippen LogP contribution in [0, 0.1) is 0 Å². The van der Waals surface area contributed by atoms with Gasteiger partial charge in [-0.3, -0.25) is 4.79 Å². The summed E-state index contributed by atoms with van der Waals surface area (Å²) >= 11 is 4.82. The van der Waals surface area contributed by atoms with Crippen LogP contribution in [0.25, 0.3) is 21.5 Å². The van der Waals surface area contributed by atoms with Gasteiger partial charge in [-0.15, -0.1) is 0 Å². The number of carbonyl (C=O) groups is 1. The van der Waals surface area contributed by atoms with Gasteiger partial charge in [-0.2, -0.15) is 0 Å². The number of fused-ring (bicyclic) bond motifs is 1. The summed E-state index contributed by atoms with van der Waals surface area (Å²) in [6, 6.07) is 15.3. The van der Waals surface area contributed by atoms with Gasteiger partial charge in [0.2, 0.25) is 11.8 Å². The van der Waals surface area contributed by atoms with Gasteiger partial charge in [0.05, 0.1) is 10.4 Å². The highest BCUT2D eigenvalue weighted by Crippen LogP contribution is 2.34. The average molecular weight is 441 g/mol. The SMILES string of the molecule is CC(=O)Nc1nc2c(Oc3cc(-c4ccc(Br)cc4)ncn3)cccc2s1. The molecule has 0 aliphatic carbocycles. The van der Waals surface area contributed by atoms with Crippen LogP contribution in [-0.4, -0.2) is 20.9 Å². The third-order valence-electron chi connectivity index (χ3n) is 3.66. The molecule has 0 aliphatic rings. The Morgan fingerprint density at radius 3 is 2.74 bits per heavy atom. The molecule has 0 bridgehead atoms. The fourth-order valence-electron chi connectivity index (χ4n) is 2.50. The van der Waals surface area contributed by atoms with Crippen molar-refractivity contribution in [1.82, 2.24) is 15.0 Å². The Bertz CT molecular complexity index is 1130. The molecule has 0 saturated heterocycles. The summed E-state index contributed by atoms with van der Waals surface area (Å²) in [6.45, 7) is 1.45. The van der Waals surface area contributed by atoms with Crippen LogP contribution in [0.5, 0.6) is 11.6 Å². The van der Waals surface area contributed by atoms with E-state index in [1.54, 1.807) is 6.07 Å². The molecule has 0 saturated carbocycles. The number of hydrogen-bond donors (Lipinski definition) is 1. The van der Waals surface area contributed by atoms with E-state index in [2.05, 4.69) is 36.2 Å². The number of para-hydroxylation sites is 1. The summed E-state index contributed by atoms with van der Waals surface area (Å²) in [7, 11) is 0. The third-order valence-corrected chi connectivity index (χ3v) is 5.13. The average Bonchev–Trinajstić information content (AvgIpc) is 3.05. The van der Waals surface area contributed by atoms with E-state index in [9.17, 15) is 4.79 Å². The molecular weight excluding hydrogens is 428 g/mol. The van der Waals surface area contributed by atoms with E-state index in [-0.39, 0.29) is 5.91 Å². The van der Waals surface area contributed by atoms with Crippen LogP contribution in [0.2, 0.25) is 0 Å². The summed E-state index contributed by atoms with van der Waals surface area (Å²) < 4.78 is 7.88. The second-order valence-corrected chi connectivity index (χ2v) is 7.60. The van der Waals surface area contributed by atoms with E-state index in [1.165, 1.54) is 24.6 Å². The van der Waals surface area contributed by atoms with E-state index < -0.39 is 0 Å². The number of ether oxygens (including phenoxy) is 1. The lowest BCUT2D eigenvalue weighted by atomic mass is 10.1. The zero-order chi connectivity index (χ0) is 18.8. The van der Waals surface area contributed by atoms with E-state index in [1.807, 2.05) is 42.5 Å². The van der Waals surface area contributed by atoms with Crippen LogP contribution in [0.4, 0.5) is 5.13 Å². The van der Waals surface area contributed by atoms with Crippen molar-refractivity contribution in [2.45, 2.75) is 6.92 Å². The minimum Gasteiger partial charge on any atom is -0.437 e. The molecule has 0 unspecified atom stereocenters. The van der Waals surface area contributed by atoms with Crippen molar-refractivity contribution in [3.05, 3.63) is 59.3 Å². The monoisotopic (exact) mass is 440 g/mol. The minimum absolute atomic E-state index is 0.161. The summed E-state index contributed by atoms with van der Waals surface area (Å²) in [4.78, 5) is 24.2. The predicted molar refractivity (Wildman–Crippen MR) is 109 cm³/mol. The Hall–Kier alpha value is -2.84. The van der Waals surface area contributed by atoms with Crippen molar-refractivity contribution >= 4 is 48.5 Å². The molecule has 0 atom stereocenters. The first-order valence-corrected chi connectivity index (χ1v) is 9.62. The maximum absolute atomic E-state index is 11.3. The van der Waals surface area contributed by atoms with Gasteiger partial charge in [0, 0.05) is 23.0 Å². The first-order valence-electron chi connectivity index (χ1n) is 8.01. The van der Waals surface area contributed by atoms with Crippen molar-refractivity contribution in [3.63, 3.8) is 0 Å². The van der Waals surface area contributed by atoms with Gasteiger partial charge >= 0.3 is 0 Å². The Balaban J connectivity index is 1.66. The quantitative estimate of drug-likeness (QED) is 0.467. The number of halogens is 1. The van der Waals surface area contributed by atoms with Gasteiger partial charge in [-0.1, -0.05) is 45.5 Å². The van der Waals surface area contributed by atoms with Crippen LogP contribution >= 0.6 is 27.3 Å². The summed E-state index contributed by atoms with van der Waals surface area (Å²) in [6.07, 6.45) is 1.47. The van der Waals surface area contributed by atoms with Crippen LogP contribution in [0.3, 0.4) is 0 Å². The molecule has 0 fully saturated rings. The molecule has 0 spiro atoms. The zero-order valence-corrected chi connectivity index (χ0v) is 16.5. The molecule has 1 amide bonds. The van der Waals surface area contributed by atoms with Crippen molar-refractivity contribution in [2.75, 3.05) is 5.32 Å². The van der Waals surface area contributed by atoms with Crippen molar-refractivity contribution in [3.8, 4) is 22.9 Å². The molecule has 2 aromatic heterocycles. The molecule has 6 nitrogen and oxygen atoms in total. The summed E-state index contributed by atoms with van der Waals surface area (Å²) in [5, 5.41) is 3.24. The van der Waals surface area contributed by atoms with Gasteiger partial charge in [-0.25, -0.2) is 15.0 Å². The lowest BCUT2D eigenvalue weighted by Gasteiger charge is -2.07. The van der Waals surface area contributed by atoms with Crippen LogP contribution in [-0.2, 0) is 4.79 Å². The maximum Gasteiger partial charge on any atom is 0.223 e. The van der Waals surface area contributed by atoms with Crippen molar-refractivity contribution in [1.29, 1.82) is 0 Å². The smallest absolute Gasteiger partial charge is 0.223 e. The predicted octanol–water partition coefficient (Wildman–Crippen LogP) is 5.27. The Labute approximate surface area is 167 Å². The largest absolute Gasteiger partial charge is 0.437 e. The van der Waals surface area contributed by atoms with Crippen molar-refractivity contribution < 1.29 is 9.53 Å². The van der Waals surface area contributed by atoms with Gasteiger partial charge < -0.3 is 10.1 Å². The third kappa shape index (κ3) is 3.96. The number of nitrogens with zero attached hydrogens (tertiary/aromatic N) is 3. The number of benzene rings is 2. The lowest BCUT2D eigenvalue weighted by molar-refractivity contribution is -0.114. The van der Waals surface area contributed by atoms with Crippen LogP contribution in [0.15, 0.2) is 59.3 Å². The number of anilines is 1. The standard InChI is InChI=1S/C19H13BrN4O2S/c1-11(25)23-19-24-18-15(3-2-4-16(18)27-19)26-17-9-14(21-10-22-17)12-5-7-13(20)8-6-12/h2-10H,1H3,(H,23,24,25). The molecule has 134 valence electrons. The van der Waals surface area contributed by atoms with E-state index in [0.717, 1.165) is 20.4 Å². The molecule has 4 aromatic rings. The second kappa shape index (κ2) is 7.42. The van der Waals surface area contributed by atoms with Crippen LogP contribution in [0.1, 0.15) is 6.92 Å². The van der Waals surface area contributed by atoms with Gasteiger partial charge in [0.25, 0.3) is 0 Å². The van der Waals surface area contributed by atoms with Gasteiger partial charge in [0.1, 0.15) is 11.8 Å². The molecule has 8 heteroatoms. The Morgan fingerprint density at radius 2 is 1.96 bits per heavy atom. The molecule has 0 aliphatic heterocycles. The topological polar surface area (TPSA) is 77.0 Å². The van der Waals surface area contributed by atoms with E-state index in [0.29, 0.717) is 22.3 Å². The fourth-order valence-corrected chi connectivity index (χ4v) is 3.69.